The number of halogens is 1. The first-order valence-corrected chi connectivity index (χ1v) is 7.42. The van der Waals surface area contributed by atoms with Crippen LogP contribution < -0.4 is 5.32 Å². The van der Waals surface area contributed by atoms with E-state index in [-0.39, 0.29) is 11.7 Å². The third kappa shape index (κ3) is 3.48. The second-order valence-electron chi connectivity index (χ2n) is 4.80. The van der Waals surface area contributed by atoms with Gasteiger partial charge in [0.1, 0.15) is 5.75 Å². The van der Waals surface area contributed by atoms with Crippen LogP contribution in [0.3, 0.4) is 0 Å². The second kappa shape index (κ2) is 6.39. The molecule has 1 aliphatic heterocycles. The molecular weight excluding hydrogens is 308 g/mol. The van der Waals surface area contributed by atoms with E-state index in [0.717, 1.165) is 24.0 Å². The molecule has 1 aliphatic rings. The van der Waals surface area contributed by atoms with Crippen molar-refractivity contribution in [3.8, 4) is 5.75 Å². The largest absolute Gasteiger partial charge is 0.507 e. The number of rotatable bonds is 4. The number of benzene rings is 1. The summed E-state index contributed by atoms with van der Waals surface area (Å²) >= 11 is 3.30. The number of likely N-dealkylation sites (tertiary alicyclic amines) is 1. The molecule has 0 radical (unpaired) electrons. The van der Waals surface area contributed by atoms with Crippen molar-refractivity contribution in [2.24, 2.45) is 0 Å². The summed E-state index contributed by atoms with van der Waals surface area (Å²) in [7, 11) is 0. The number of carbonyl (C=O) groups excluding carboxylic acids is 1. The molecule has 5 heteroatoms. The van der Waals surface area contributed by atoms with Gasteiger partial charge in [-0.3, -0.25) is 9.69 Å². The Morgan fingerprint density at radius 2 is 2.37 bits per heavy atom. The van der Waals surface area contributed by atoms with Gasteiger partial charge in [0, 0.05) is 17.1 Å². The van der Waals surface area contributed by atoms with E-state index in [4.69, 9.17) is 0 Å². The number of carbonyl (C=O) groups is 1. The van der Waals surface area contributed by atoms with E-state index in [9.17, 15) is 9.90 Å². The molecule has 1 atom stereocenters. The van der Waals surface area contributed by atoms with E-state index < -0.39 is 0 Å². The fraction of sp³-hybridized carbons (Fsp3) is 0.500. The number of amides is 1. The first-order valence-electron chi connectivity index (χ1n) is 6.62. The van der Waals surface area contributed by atoms with E-state index in [1.807, 2.05) is 0 Å². The van der Waals surface area contributed by atoms with Gasteiger partial charge in [0.05, 0.1) is 5.56 Å². The van der Waals surface area contributed by atoms with Gasteiger partial charge in [-0.15, -0.1) is 0 Å². The maximum absolute atomic E-state index is 12.1. The molecular formula is C14H19BrN2O2. The molecule has 1 fully saturated rings. The number of phenolic OH excluding ortho intramolecular Hbond substituents is 1. The number of likely N-dealkylation sites (N-methyl/N-ethyl adjacent to an activating group) is 1. The first-order chi connectivity index (χ1) is 9.11. The Morgan fingerprint density at radius 1 is 1.58 bits per heavy atom. The fourth-order valence-electron chi connectivity index (χ4n) is 2.54. The van der Waals surface area contributed by atoms with Crippen LogP contribution in [0, 0.1) is 0 Å². The second-order valence-corrected chi connectivity index (χ2v) is 5.71. The van der Waals surface area contributed by atoms with Crippen LogP contribution in [0.15, 0.2) is 22.7 Å². The summed E-state index contributed by atoms with van der Waals surface area (Å²) in [5, 5.41) is 12.6. The van der Waals surface area contributed by atoms with Gasteiger partial charge in [-0.05, 0) is 44.1 Å². The van der Waals surface area contributed by atoms with E-state index in [0.29, 0.717) is 18.2 Å². The van der Waals surface area contributed by atoms with Crippen molar-refractivity contribution in [2.75, 3.05) is 19.6 Å². The number of nitrogens with zero attached hydrogens (tertiary/aromatic N) is 1. The number of hydrogen-bond donors (Lipinski definition) is 2. The van der Waals surface area contributed by atoms with E-state index in [1.165, 1.54) is 12.5 Å². The van der Waals surface area contributed by atoms with Crippen LogP contribution in [-0.2, 0) is 0 Å². The Hall–Kier alpha value is -1.07. The van der Waals surface area contributed by atoms with Gasteiger partial charge in [0.25, 0.3) is 5.91 Å². The summed E-state index contributed by atoms with van der Waals surface area (Å²) in [6.45, 7) is 4.90. The smallest absolute Gasteiger partial charge is 0.255 e. The SMILES string of the molecule is CCN1CCCC1CNC(=O)c1cc(Br)ccc1O. The summed E-state index contributed by atoms with van der Waals surface area (Å²) < 4.78 is 0.784. The van der Waals surface area contributed by atoms with Crippen LogP contribution in [0.25, 0.3) is 0 Å². The van der Waals surface area contributed by atoms with Crippen molar-refractivity contribution in [1.82, 2.24) is 10.2 Å². The molecule has 1 aromatic carbocycles. The third-order valence-corrected chi connectivity index (χ3v) is 4.10. The number of phenols is 1. The predicted octanol–water partition coefficient (Wildman–Crippen LogP) is 2.37. The molecule has 0 aliphatic carbocycles. The summed E-state index contributed by atoms with van der Waals surface area (Å²) in [6.07, 6.45) is 2.31. The summed E-state index contributed by atoms with van der Waals surface area (Å²) in [5.74, 6) is -0.207. The van der Waals surface area contributed by atoms with Crippen LogP contribution in [0.5, 0.6) is 5.75 Å². The Kier molecular flexibility index (Phi) is 4.82. The minimum absolute atomic E-state index is 0.0134. The fourth-order valence-corrected chi connectivity index (χ4v) is 2.90. The highest BCUT2D eigenvalue weighted by Crippen LogP contribution is 2.22. The number of aromatic hydroxyl groups is 1. The van der Waals surface area contributed by atoms with Crippen LogP contribution in [0.2, 0.25) is 0 Å². The van der Waals surface area contributed by atoms with Crippen molar-refractivity contribution in [3.63, 3.8) is 0 Å². The lowest BCUT2D eigenvalue weighted by molar-refractivity contribution is 0.0938. The molecule has 1 heterocycles. The van der Waals surface area contributed by atoms with Crippen molar-refractivity contribution in [3.05, 3.63) is 28.2 Å². The molecule has 0 bridgehead atoms. The first kappa shape index (κ1) is 14.3. The predicted molar refractivity (Wildman–Crippen MR) is 78.4 cm³/mol. The monoisotopic (exact) mass is 326 g/mol. The molecule has 19 heavy (non-hydrogen) atoms. The molecule has 1 amide bonds. The Balaban J connectivity index is 1.96. The zero-order chi connectivity index (χ0) is 13.8. The molecule has 1 unspecified atom stereocenters. The lowest BCUT2D eigenvalue weighted by atomic mass is 10.1. The van der Waals surface area contributed by atoms with E-state index in [2.05, 4.69) is 33.1 Å². The van der Waals surface area contributed by atoms with E-state index in [1.54, 1.807) is 12.1 Å². The van der Waals surface area contributed by atoms with Crippen molar-refractivity contribution in [1.29, 1.82) is 0 Å². The highest BCUT2D eigenvalue weighted by molar-refractivity contribution is 9.10. The quantitative estimate of drug-likeness (QED) is 0.893. The molecule has 1 aromatic rings. The van der Waals surface area contributed by atoms with Crippen LogP contribution in [0.4, 0.5) is 0 Å². The molecule has 104 valence electrons. The number of hydrogen-bond acceptors (Lipinski definition) is 3. The highest BCUT2D eigenvalue weighted by Gasteiger charge is 2.23. The highest BCUT2D eigenvalue weighted by atomic mass is 79.9. The summed E-state index contributed by atoms with van der Waals surface area (Å²) in [5.41, 5.74) is 0.315. The Morgan fingerprint density at radius 3 is 3.11 bits per heavy atom. The minimum Gasteiger partial charge on any atom is -0.507 e. The van der Waals surface area contributed by atoms with Gasteiger partial charge in [0.2, 0.25) is 0 Å². The van der Waals surface area contributed by atoms with Gasteiger partial charge in [-0.25, -0.2) is 0 Å². The van der Waals surface area contributed by atoms with Crippen LogP contribution in [0.1, 0.15) is 30.1 Å². The van der Waals surface area contributed by atoms with Gasteiger partial charge < -0.3 is 10.4 Å². The maximum Gasteiger partial charge on any atom is 0.255 e. The molecule has 1 saturated heterocycles. The van der Waals surface area contributed by atoms with Gasteiger partial charge in [-0.2, -0.15) is 0 Å². The molecule has 2 rings (SSSR count). The Labute approximate surface area is 121 Å². The zero-order valence-corrected chi connectivity index (χ0v) is 12.6. The molecule has 4 nitrogen and oxygen atoms in total. The summed E-state index contributed by atoms with van der Waals surface area (Å²) in [6, 6.07) is 5.29. The topological polar surface area (TPSA) is 52.6 Å². The molecule has 0 saturated carbocycles. The van der Waals surface area contributed by atoms with Gasteiger partial charge in [-0.1, -0.05) is 22.9 Å². The zero-order valence-electron chi connectivity index (χ0n) is 11.0. The van der Waals surface area contributed by atoms with Crippen LogP contribution >= 0.6 is 15.9 Å². The standard InChI is InChI=1S/C14H19BrN2O2/c1-2-17-7-3-4-11(17)9-16-14(19)12-8-10(15)5-6-13(12)18/h5-6,8,11,18H,2-4,7,9H2,1H3,(H,16,19). The maximum atomic E-state index is 12.1. The van der Waals surface area contributed by atoms with E-state index >= 15 is 0 Å². The van der Waals surface area contributed by atoms with Crippen molar-refractivity contribution >= 4 is 21.8 Å². The lowest BCUT2D eigenvalue weighted by Gasteiger charge is -2.22. The van der Waals surface area contributed by atoms with Gasteiger partial charge in [0.15, 0.2) is 0 Å². The molecule has 0 aromatic heterocycles. The molecule has 2 N–H and O–H groups in total. The summed E-state index contributed by atoms with van der Waals surface area (Å²) in [4.78, 5) is 14.4. The van der Waals surface area contributed by atoms with Crippen molar-refractivity contribution < 1.29 is 9.90 Å². The normalized spacial score (nSPS) is 19.6. The van der Waals surface area contributed by atoms with Gasteiger partial charge >= 0.3 is 0 Å². The average Bonchev–Trinajstić information content (AvgIpc) is 2.86. The number of nitrogens with one attached hydrogen (secondary N) is 1. The Bertz CT molecular complexity index is 465. The van der Waals surface area contributed by atoms with Crippen molar-refractivity contribution in [2.45, 2.75) is 25.8 Å². The minimum atomic E-state index is -0.221. The van der Waals surface area contributed by atoms with Crippen LogP contribution in [-0.4, -0.2) is 41.6 Å². The lowest BCUT2D eigenvalue weighted by Crippen LogP contribution is -2.40. The third-order valence-electron chi connectivity index (χ3n) is 3.61. The average molecular weight is 327 g/mol. The molecule has 0 spiro atoms.